The molecule has 0 saturated carbocycles. The number of carbonyl (C=O) groups is 2. The summed E-state index contributed by atoms with van der Waals surface area (Å²) in [5.74, 6) is -2.03. The van der Waals surface area contributed by atoms with E-state index in [9.17, 15) is 14.0 Å². The first-order valence-electron chi connectivity index (χ1n) is 5.99. The number of anilines is 1. The molecular weight excluding hydrogens is 341 g/mol. The first-order chi connectivity index (χ1) is 9.88. The van der Waals surface area contributed by atoms with E-state index in [-0.39, 0.29) is 11.1 Å². The highest BCUT2D eigenvalue weighted by atomic mass is 79.9. The first-order valence-corrected chi connectivity index (χ1v) is 6.78. The number of halogens is 2. The number of benzene rings is 2. The van der Waals surface area contributed by atoms with Crippen LogP contribution >= 0.6 is 15.9 Å². The van der Waals surface area contributed by atoms with E-state index in [2.05, 4.69) is 21.2 Å². The van der Waals surface area contributed by atoms with Gasteiger partial charge in [-0.2, -0.15) is 0 Å². The van der Waals surface area contributed by atoms with Crippen molar-refractivity contribution in [2.75, 3.05) is 5.32 Å². The van der Waals surface area contributed by atoms with Gasteiger partial charge in [-0.1, -0.05) is 0 Å². The maximum atomic E-state index is 13.2. The molecule has 1 amide bonds. The fourth-order valence-electron chi connectivity index (χ4n) is 1.80. The van der Waals surface area contributed by atoms with Crippen LogP contribution in [0.3, 0.4) is 0 Å². The van der Waals surface area contributed by atoms with Crippen molar-refractivity contribution >= 4 is 33.5 Å². The molecule has 0 saturated heterocycles. The van der Waals surface area contributed by atoms with Crippen molar-refractivity contribution in [3.8, 4) is 0 Å². The highest BCUT2D eigenvalue weighted by molar-refractivity contribution is 9.10. The monoisotopic (exact) mass is 351 g/mol. The van der Waals surface area contributed by atoms with Crippen LogP contribution in [0, 0.1) is 12.7 Å². The highest BCUT2D eigenvalue weighted by Crippen LogP contribution is 2.21. The van der Waals surface area contributed by atoms with E-state index in [0.717, 1.165) is 6.07 Å². The van der Waals surface area contributed by atoms with E-state index in [1.54, 1.807) is 6.92 Å². The third-order valence-corrected chi connectivity index (χ3v) is 3.59. The Morgan fingerprint density at radius 2 is 1.90 bits per heavy atom. The molecule has 0 heterocycles. The molecule has 0 radical (unpaired) electrons. The first kappa shape index (κ1) is 15.2. The Morgan fingerprint density at radius 3 is 2.52 bits per heavy atom. The molecule has 0 aliphatic heterocycles. The summed E-state index contributed by atoms with van der Waals surface area (Å²) in [6, 6.07) is 8.17. The molecule has 0 aromatic heterocycles. The molecular formula is C15H11BrFNO3. The molecule has 4 nitrogen and oxygen atoms in total. The zero-order valence-electron chi connectivity index (χ0n) is 11.0. The minimum atomic E-state index is -1.04. The van der Waals surface area contributed by atoms with E-state index >= 15 is 0 Å². The lowest BCUT2D eigenvalue weighted by Crippen LogP contribution is -2.14. The summed E-state index contributed by atoms with van der Waals surface area (Å²) in [5, 5.41) is 11.5. The Balaban J connectivity index is 2.27. The number of rotatable bonds is 3. The van der Waals surface area contributed by atoms with Gasteiger partial charge in [-0.15, -0.1) is 0 Å². The second-order valence-electron chi connectivity index (χ2n) is 4.41. The summed E-state index contributed by atoms with van der Waals surface area (Å²) in [7, 11) is 0. The average molecular weight is 352 g/mol. The van der Waals surface area contributed by atoms with E-state index in [1.807, 2.05) is 0 Å². The maximum absolute atomic E-state index is 13.2. The van der Waals surface area contributed by atoms with Crippen molar-refractivity contribution in [2.24, 2.45) is 0 Å². The standard InChI is InChI=1S/C15H11BrFNO3/c1-8-6-9(15(20)21)2-5-13(8)18-14(19)11-7-10(17)3-4-12(11)16/h2-7H,1H3,(H,18,19)(H,20,21). The van der Waals surface area contributed by atoms with Crippen LogP contribution in [0.5, 0.6) is 0 Å². The van der Waals surface area contributed by atoms with Crippen molar-refractivity contribution in [3.63, 3.8) is 0 Å². The normalized spacial score (nSPS) is 10.2. The third kappa shape index (κ3) is 3.46. The molecule has 0 aliphatic carbocycles. The molecule has 0 unspecified atom stereocenters. The molecule has 0 aliphatic rings. The van der Waals surface area contributed by atoms with Crippen molar-refractivity contribution in [2.45, 2.75) is 6.92 Å². The summed E-state index contributed by atoms with van der Waals surface area (Å²) in [4.78, 5) is 23.0. The zero-order chi connectivity index (χ0) is 15.6. The molecule has 2 N–H and O–H groups in total. The lowest BCUT2D eigenvalue weighted by Gasteiger charge is -2.10. The van der Waals surface area contributed by atoms with Crippen molar-refractivity contribution in [1.82, 2.24) is 0 Å². The fourth-order valence-corrected chi connectivity index (χ4v) is 2.22. The van der Waals surface area contributed by atoms with Gasteiger partial charge >= 0.3 is 5.97 Å². The minimum Gasteiger partial charge on any atom is -0.478 e. The third-order valence-electron chi connectivity index (χ3n) is 2.89. The molecule has 0 bridgehead atoms. The van der Waals surface area contributed by atoms with Gasteiger partial charge in [0.25, 0.3) is 5.91 Å². The Kier molecular flexibility index (Phi) is 4.37. The van der Waals surface area contributed by atoms with E-state index in [4.69, 9.17) is 5.11 Å². The SMILES string of the molecule is Cc1cc(C(=O)O)ccc1NC(=O)c1cc(F)ccc1Br. The van der Waals surface area contributed by atoms with Gasteiger partial charge < -0.3 is 10.4 Å². The van der Waals surface area contributed by atoms with E-state index in [0.29, 0.717) is 15.7 Å². The molecule has 2 rings (SSSR count). The molecule has 21 heavy (non-hydrogen) atoms. The molecule has 2 aromatic rings. The second-order valence-corrected chi connectivity index (χ2v) is 5.27. The fraction of sp³-hybridized carbons (Fsp3) is 0.0667. The maximum Gasteiger partial charge on any atom is 0.335 e. The van der Waals surface area contributed by atoms with Crippen molar-refractivity contribution < 1.29 is 19.1 Å². The van der Waals surface area contributed by atoms with Gasteiger partial charge in [0.1, 0.15) is 5.82 Å². The zero-order valence-corrected chi connectivity index (χ0v) is 12.6. The molecule has 0 spiro atoms. The lowest BCUT2D eigenvalue weighted by molar-refractivity contribution is 0.0696. The van der Waals surface area contributed by atoms with E-state index < -0.39 is 17.7 Å². The summed E-state index contributed by atoms with van der Waals surface area (Å²) < 4.78 is 13.7. The molecule has 108 valence electrons. The van der Waals surface area contributed by atoms with Gasteiger partial charge in [-0.05, 0) is 64.8 Å². The highest BCUT2D eigenvalue weighted by Gasteiger charge is 2.13. The lowest BCUT2D eigenvalue weighted by atomic mass is 10.1. The van der Waals surface area contributed by atoms with Crippen LogP contribution in [0.15, 0.2) is 40.9 Å². The van der Waals surface area contributed by atoms with Crippen LogP contribution in [0.2, 0.25) is 0 Å². The predicted molar refractivity (Wildman–Crippen MR) is 80.2 cm³/mol. The second kappa shape index (κ2) is 6.05. The predicted octanol–water partition coefficient (Wildman–Crippen LogP) is 3.85. The van der Waals surface area contributed by atoms with Crippen molar-refractivity contribution in [3.05, 3.63) is 63.4 Å². The number of nitrogens with one attached hydrogen (secondary N) is 1. The Hall–Kier alpha value is -2.21. The number of carbonyl (C=O) groups excluding carboxylic acids is 1. The minimum absolute atomic E-state index is 0.137. The summed E-state index contributed by atoms with van der Waals surface area (Å²) in [5.41, 5.74) is 1.38. The molecule has 2 aromatic carbocycles. The van der Waals surface area contributed by atoms with Gasteiger partial charge in [-0.25, -0.2) is 9.18 Å². The molecule has 0 fully saturated rings. The Labute approximate surface area is 128 Å². The Morgan fingerprint density at radius 1 is 1.19 bits per heavy atom. The Bertz CT molecular complexity index is 731. The summed E-state index contributed by atoms with van der Waals surface area (Å²) in [6.07, 6.45) is 0. The number of carboxylic acid groups (broad SMARTS) is 1. The quantitative estimate of drug-likeness (QED) is 0.882. The molecule has 6 heteroatoms. The van der Waals surface area contributed by atoms with Crippen LogP contribution in [0.25, 0.3) is 0 Å². The van der Waals surface area contributed by atoms with Crippen LogP contribution in [-0.4, -0.2) is 17.0 Å². The number of aromatic carboxylic acids is 1. The molecule has 0 atom stereocenters. The van der Waals surface area contributed by atoms with Crippen LogP contribution in [0.1, 0.15) is 26.3 Å². The van der Waals surface area contributed by atoms with Crippen LogP contribution in [0.4, 0.5) is 10.1 Å². The smallest absolute Gasteiger partial charge is 0.335 e. The summed E-state index contributed by atoms with van der Waals surface area (Å²) >= 11 is 3.19. The summed E-state index contributed by atoms with van der Waals surface area (Å²) in [6.45, 7) is 1.68. The largest absolute Gasteiger partial charge is 0.478 e. The van der Waals surface area contributed by atoms with Crippen LogP contribution < -0.4 is 5.32 Å². The number of carboxylic acids is 1. The van der Waals surface area contributed by atoms with Gasteiger partial charge in [0.05, 0.1) is 11.1 Å². The van der Waals surface area contributed by atoms with Gasteiger partial charge in [-0.3, -0.25) is 4.79 Å². The van der Waals surface area contributed by atoms with Gasteiger partial charge in [0.2, 0.25) is 0 Å². The number of hydrogen-bond acceptors (Lipinski definition) is 2. The van der Waals surface area contributed by atoms with Crippen molar-refractivity contribution in [1.29, 1.82) is 0 Å². The van der Waals surface area contributed by atoms with Gasteiger partial charge in [0, 0.05) is 10.2 Å². The number of aryl methyl sites for hydroxylation is 1. The number of amides is 1. The number of hydrogen-bond donors (Lipinski definition) is 2. The van der Waals surface area contributed by atoms with Gasteiger partial charge in [0.15, 0.2) is 0 Å². The van der Waals surface area contributed by atoms with Crippen LogP contribution in [-0.2, 0) is 0 Å². The average Bonchev–Trinajstić information content (AvgIpc) is 2.43. The van der Waals surface area contributed by atoms with E-state index in [1.165, 1.54) is 30.3 Å². The topological polar surface area (TPSA) is 66.4 Å².